The molecule has 0 aliphatic carbocycles. The Hall–Kier alpha value is -2.03. The Bertz CT molecular complexity index is 843. The van der Waals surface area contributed by atoms with E-state index in [2.05, 4.69) is 14.9 Å². The van der Waals surface area contributed by atoms with Gasteiger partial charge in [-0.25, -0.2) is 13.4 Å². The molecule has 0 radical (unpaired) electrons. The molecule has 126 valence electrons. The maximum Gasteiger partial charge on any atom is 0.249 e. The monoisotopic (exact) mass is 346 g/mol. The molecule has 0 saturated carbocycles. The number of hydrogen-bond acceptors (Lipinski definition) is 6. The third-order valence-electron chi connectivity index (χ3n) is 4.42. The summed E-state index contributed by atoms with van der Waals surface area (Å²) in [4.78, 5) is 10.6. The fourth-order valence-corrected chi connectivity index (χ4v) is 4.98. The van der Waals surface area contributed by atoms with Gasteiger partial charge in [0.1, 0.15) is 11.0 Å². The smallest absolute Gasteiger partial charge is 0.249 e. The lowest BCUT2D eigenvalue weighted by atomic mass is 10.2. The summed E-state index contributed by atoms with van der Waals surface area (Å²) in [6, 6.07) is 8.40. The average Bonchev–Trinajstić information content (AvgIpc) is 2.90. The van der Waals surface area contributed by atoms with E-state index in [0.717, 1.165) is 0 Å². The number of nitrogens with zero attached hydrogens (tertiary/aromatic N) is 4. The molecule has 0 N–H and O–H groups in total. The third kappa shape index (κ3) is 2.56. The van der Waals surface area contributed by atoms with Gasteiger partial charge in [-0.05, 0) is 31.3 Å². The number of sulfonamides is 1. The van der Waals surface area contributed by atoms with Crippen LogP contribution in [0.25, 0.3) is 0 Å². The first kappa shape index (κ1) is 15.5. The first-order chi connectivity index (χ1) is 11.6. The normalized spacial score (nSPS) is 26.2. The second-order valence-corrected chi connectivity index (χ2v) is 7.98. The SMILES string of the molecule is CN1C[C@H]2Oc3ncccc3S(=O)(=O)N(Cc3ccccn3)[C@H]2C1. The fraction of sp³-hybridized carbons (Fsp3) is 0.375. The molecule has 2 aliphatic heterocycles. The maximum atomic E-state index is 13.2. The zero-order valence-corrected chi connectivity index (χ0v) is 14.1. The predicted octanol–water partition coefficient (Wildman–Crippen LogP) is 0.742. The zero-order chi connectivity index (χ0) is 16.7. The first-order valence-electron chi connectivity index (χ1n) is 7.77. The van der Waals surface area contributed by atoms with E-state index >= 15 is 0 Å². The molecule has 4 heterocycles. The minimum Gasteiger partial charge on any atom is -0.470 e. The number of aromatic nitrogens is 2. The Labute approximate surface area is 140 Å². The highest BCUT2D eigenvalue weighted by molar-refractivity contribution is 7.89. The molecule has 2 aliphatic rings. The van der Waals surface area contributed by atoms with Crippen LogP contribution in [0.4, 0.5) is 0 Å². The van der Waals surface area contributed by atoms with E-state index in [9.17, 15) is 8.42 Å². The maximum absolute atomic E-state index is 13.2. The number of hydrogen-bond donors (Lipinski definition) is 0. The van der Waals surface area contributed by atoms with E-state index in [1.165, 1.54) is 4.31 Å². The van der Waals surface area contributed by atoms with Gasteiger partial charge in [0, 0.05) is 25.5 Å². The average molecular weight is 346 g/mol. The molecule has 1 fully saturated rings. The molecular formula is C16H18N4O3S. The Kier molecular flexibility index (Phi) is 3.75. The molecule has 2 atom stereocenters. The molecule has 2 aromatic rings. The minimum atomic E-state index is -3.72. The molecule has 4 rings (SSSR count). The van der Waals surface area contributed by atoms with Crippen molar-refractivity contribution in [2.45, 2.75) is 23.6 Å². The van der Waals surface area contributed by atoms with Crippen LogP contribution >= 0.6 is 0 Å². The van der Waals surface area contributed by atoms with Crippen molar-refractivity contribution in [1.82, 2.24) is 19.2 Å². The van der Waals surface area contributed by atoms with Crippen LogP contribution in [-0.4, -0.2) is 59.9 Å². The van der Waals surface area contributed by atoms with E-state index in [-0.39, 0.29) is 29.5 Å². The summed E-state index contributed by atoms with van der Waals surface area (Å²) >= 11 is 0. The molecule has 0 amide bonds. The van der Waals surface area contributed by atoms with Crippen LogP contribution in [0.3, 0.4) is 0 Å². The van der Waals surface area contributed by atoms with E-state index < -0.39 is 10.0 Å². The number of likely N-dealkylation sites (tertiary alicyclic amines) is 1. The van der Waals surface area contributed by atoms with Gasteiger partial charge in [-0.1, -0.05) is 6.07 Å². The number of rotatable bonds is 2. The van der Waals surface area contributed by atoms with Gasteiger partial charge in [-0.2, -0.15) is 4.31 Å². The molecule has 0 bridgehead atoms. The largest absolute Gasteiger partial charge is 0.470 e. The Morgan fingerprint density at radius 2 is 2.00 bits per heavy atom. The van der Waals surface area contributed by atoms with Crippen molar-refractivity contribution in [3.8, 4) is 5.88 Å². The van der Waals surface area contributed by atoms with E-state index in [1.54, 1.807) is 24.5 Å². The number of ether oxygens (including phenoxy) is 1. The second kappa shape index (κ2) is 5.80. The van der Waals surface area contributed by atoms with Crippen LogP contribution in [0, 0.1) is 0 Å². The van der Waals surface area contributed by atoms with Gasteiger partial charge in [0.05, 0.1) is 18.3 Å². The minimum absolute atomic E-state index is 0.123. The Balaban J connectivity index is 1.81. The van der Waals surface area contributed by atoms with Crippen LogP contribution < -0.4 is 4.74 Å². The summed E-state index contributed by atoms with van der Waals surface area (Å²) in [6.07, 6.45) is 2.98. The lowest BCUT2D eigenvalue weighted by molar-refractivity contribution is 0.144. The molecular weight excluding hydrogens is 328 g/mol. The van der Waals surface area contributed by atoms with Crippen LogP contribution in [0.5, 0.6) is 5.88 Å². The quantitative estimate of drug-likeness (QED) is 0.798. The predicted molar refractivity (Wildman–Crippen MR) is 86.9 cm³/mol. The van der Waals surface area contributed by atoms with Crippen molar-refractivity contribution < 1.29 is 13.2 Å². The Morgan fingerprint density at radius 1 is 1.17 bits per heavy atom. The van der Waals surface area contributed by atoms with Gasteiger partial charge < -0.3 is 9.64 Å². The molecule has 1 saturated heterocycles. The van der Waals surface area contributed by atoms with Crippen LogP contribution in [0.1, 0.15) is 5.69 Å². The number of pyridine rings is 2. The van der Waals surface area contributed by atoms with Crippen LogP contribution in [0.15, 0.2) is 47.6 Å². The fourth-order valence-electron chi connectivity index (χ4n) is 3.30. The van der Waals surface area contributed by atoms with Crippen molar-refractivity contribution in [1.29, 1.82) is 0 Å². The van der Waals surface area contributed by atoms with Crippen molar-refractivity contribution in [2.75, 3.05) is 20.1 Å². The van der Waals surface area contributed by atoms with Gasteiger partial charge in [0.25, 0.3) is 0 Å². The molecule has 8 heteroatoms. The second-order valence-electron chi connectivity index (χ2n) is 6.12. The van der Waals surface area contributed by atoms with E-state index in [4.69, 9.17) is 4.74 Å². The lowest BCUT2D eigenvalue weighted by Crippen LogP contribution is -2.46. The van der Waals surface area contributed by atoms with Gasteiger partial charge in [-0.15, -0.1) is 0 Å². The summed E-state index contributed by atoms with van der Waals surface area (Å²) < 4.78 is 33.9. The van der Waals surface area contributed by atoms with Crippen molar-refractivity contribution in [3.05, 3.63) is 48.4 Å². The molecule has 0 aromatic carbocycles. The van der Waals surface area contributed by atoms with Crippen molar-refractivity contribution in [2.24, 2.45) is 0 Å². The standard InChI is InChI=1S/C16H18N4O3S/c1-19-10-13-14(11-19)23-16-15(6-4-8-18-16)24(21,22)20(13)9-12-5-2-3-7-17-12/h2-8,13-14H,9-11H2,1H3/t13-,14+/m0/s1. The van der Waals surface area contributed by atoms with Crippen molar-refractivity contribution in [3.63, 3.8) is 0 Å². The number of likely N-dealkylation sites (N-methyl/N-ethyl adjacent to an activating group) is 1. The Morgan fingerprint density at radius 3 is 2.79 bits per heavy atom. The highest BCUT2D eigenvalue weighted by Gasteiger charge is 2.46. The topological polar surface area (TPSA) is 75.6 Å². The zero-order valence-electron chi connectivity index (χ0n) is 13.2. The van der Waals surface area contributed by atoms with E-state index in [0.29, 0.717) is 18.8 Å². The molecule has 7 nitrogen and oxygen atoms in total. The van der Waals surface area contributed by atoms with Crippen LogP contribution in [0.2, 0.25) is 0 Å². The van der Waals surface area contributed by atoms with Gasteiger partial charge in [-0.3, -0.25) is 4.98 Å². The third-order valence-corrected chi connectivity index (χ3v) is 6.30. The first-order valence-corrected chi connectivity index (χ1v) is 9.22. The van der Waals surface area contributed by atoms with Crippen LogP contribution in [-0.2, 0) is 16.6 Å². The molecule has 0 unspecified atom stereocenters. The highest BCUT2D eigenvalue weighted by atomic mass is 32.2. The summed E-state index contributed by atoms with van der Waals surface area (Å²) in [7, 11) is -1.75. The lowest BCUT2D eigenvalue weighted by Gasteiger charge is -2.27. The van der Waals surface area contributed by atoms with E-state index in [1.807, 2.05) is 25.2 Å². The van der Waals surface area contributed by atoms with Gasteiger partial charge in [0.2, 0.25) is 15.9 Å². The van der Waals surface area contributed by atoms with Crippen molar-refractivity contribution >= 4 is 10.0 Å². The summed E-state index contributed by atoms with van der Waals surface area (Å²) in [5.41, 5.74) is 0.710. The molecule has 24 heavy (non-hydrogen) atoms. The van der Waals surface area contributed by atoms with Gasteiger partial charge >= 0.3 is 0 Å². The number of fused-ring (bicyclic) bond motifs is 2. The summed E-state index contributed by atoms with van der Waals surface area (Å²) in [6.45, 7) is 1.50. The molecule has 0 spiro atoms. The molecule has 2 aromatic heterocycles. The highest BCUT2D eigenvalue weighted by Crippen LogP contribution is 2.35. The summed E-state index contributed by atoms with van der Waals surface area (Å²) in [5.74, 6) is 0.186. The van der Waals surface area contributed by atoms with Gasteiger partial charge in [0.15, 0.2) is 0 Å². The summed E-state index contributed by atoms with van der Waals surface area (Å²) in [5, 5.41) is 0.